The summed E-state index contributed by atoms with van der Waals surface area (Å²) < 4.78 is 5.87. The molecule has 7 heteroatoms. The quantitative estimate of drug-likeness (QED) is 0.904. The first-order chi connectivity index (χ1) is 10.2. The van der Waals surface area contributed by atoms with E-state index in [9.17, 15) is 4.79 Å². The Hall–Kier alpha value is -2.70. The van der Waals surface area contributed by atoms with Crippen molar-refractivity contribution in [3.8, 4) is 5.75 Å². The van der Waals surface area contributed by atoms with E-state index < -0.39 is 5.97 Å². The van der Waals surface area contributed by atoms with Gasteiger partial charge < -0.3 is 14.7 Å². The highest BCUT2D eigenvalue weighted by molar-refractivity contribution is 5.84. The Morgan fingerprint density at radius 1 is 1.29 bits per heavy atom. The van der Waals surface area contributed by atoms with Crippen LogP contribution >= 0.6 is 0 Å². The van der Waals surface area contributed by atoms with Crippen LogP contribution < -0.4 is 9.64 Å². The number of carbonyl (C=O) groups is 1. The van der Waals surface area contributed by atoms with Gasteiger partial charge in [0.15, 0.2) is 5.69 Å². The summed E-state index contributed by atoms with van der Waals surface area (Å²) in [4.78, 5) is 24.7. The molecule has 2 aromatic heterocycles. The third-order valence-corrected chi connectivity index (χ3v) is 3.28. The molecule has 1 aliphatic rings. The van der Waals surface area contributed by atoms with E-state index in [1.165, 1.54) is 12.4 Å². The van der Waals surface area contributed by atoms with Crippen molar-refractivity contribution in [1.82, 2.24) is 15.0 Å². The molecule has 0 aromatic carbocycles. The van der Waals surface area contributed by atoms with Crippen LogP contribution in [-0.4, -0.2) is 45.2 Å². The van der Waals surface area contributed by atoms with Gasteiger partial charge in [0.1, 0.15) is 17.7 Å². The van der Waals surface area contributed by atoms with Gasteiger partial charge >= 0.3 is 5.97 Å². The molecule has 0 radical (unpaired) electrons. The van der Waals surface area contributed by atoms with Crippen LogP contribution in [0.5, 0.6) is 5.75 Å². The summed E-state index contributed by atoms with van der Waals surface area (Å²) >= 11 is 0. The number of nitrogens with zero attached hydrogens (tertiary/aromatic N) is 4. The molecule has 1 unspecified atom stereocenters. The highest BCUT2D eigenvalue weighted by Gasteiger charge is 2.25. The number of anilines is 1. The maximum Gasteiger partial charge on any atom is 0.356 e. The second-order valence-electron chi connectivity index (χ2n) is 4.72. The van der Waals surface area contributed by atoms with Crippen molar-refractivity contribution in [1.29, 1.82) is 0 Å². The van der Waals surface area contributed by atoms with Gasteiger partial charge in [-0.2, -0.15) is 0 Å². The average molecular weight is 286 g/mol. The normalized spacial score (nSPS) is 17.7. The van der Waals surface area contributed by atoms with Crippen LogP contribution in [-0.2, 0) is 0 Å². The van der Waals surface area contributed by atoms with Crippen molar-refractivity contribution in [2.45, 2.75) is 12.5 Å². The van der Waals surface area contributed by atoms with Gasteiger partial charge in [-0.1, -0.05) is 0 Å². The maximum absolute atomic E-state index is 10.7. The number of aromatic carboxylic acids is 1. The molecule has 7 nitrogen and oxygen atoms in total. The largest absolute Gasteiger partial charge is 0.488 e. The van der Waals surface area contributed by atoms with Crippen LogP contribution in [0.2, 0.25) is 0 Å². The molecular weight excluding hydrogens is 272 g/mol. The van der Waals surface area contributed by atoms with Crippen LogP contribution in [0.3, 0.4) is 0 Å². The Kier molecular flexibility index (Phi) is 3.63. The van der Waals surface area contributed by atoms with Crippen LogP contribution in [0.25, 0.3) is 0 Å². The summed E-state index contributed by atoms with van der Waals surface area (Å²) in [5.41, 5.74) is -0.0532. The predicted molar refractivity (Wildman–Crippen MR) is 74.5 cm³/mol. The van der Waals surface area contributed by atoms with Crippen molar-refractivity contribution in [3.05, 3.63) is 42.6 Å². The SMILES string of the molecule is O=C(O)c1cnc(N2CCC(Oc3ccncc3)C2)cn1. The zero-order valence-electron chi connectivity index (χ0n) is 11.2. The fourth-order valence-electron chi connectivity index (χ4n) is 2.24. The van der Waals surface area contributed by atoms with Gasteiger partial charge in [0, 0.05) is 25.4 Å². The first-order valence-electron chi connectivity index (χ1n) is 6.59. The minimum atomic E-state index is -1.07. The maximum atomic E-state index is 10.7. The van der Waals surface area contributed by atoms with E-state index >= 15 is 0 Å². The summed E-state index contributed by atoms with van der Waals surface area (Å²) in [6.07, 6.45) is 7.10. The molecular formula is C14H14N4O3. The van der Waals surface area contributed by atoms with Crippen molar-refractivity contribution < 1.29 is 14.6 Å². The number of hydrogen-bond acceptors (Lipinski definition) is 6. The third-order valence-electron chi connectivity index (χ3n) is 3.28. The van der Waals surface area contributed by atoms with Crippen molar-refractivity contribution >= 4 is 11.8 Å². The number of rotatable bonds is 4. The molecule has 0 amide bonds. The van der Waals surface area contributed by atoms with E-state index in [0.717, 1.165) is 18.7 Å². The Morgan fingerprint density at radius 3 is 2.76 bits per heavy atom. The molecule has 1 aliphatic heterocycles. The summed E-state index contributed by atoms with van der Waals surface area (Å²) in [6.45, 7) is 1.50. The lowest BCUT2D eigenvalue weighted by Crippen LogP contribution is -2.25. The first kappa shape index (κ1) is 13.3. The molecule has 1 saturated heterocycles. The second-order valence-corrected chi connectivity index (χ2v) is 4.72. The molecule has 1 N–H and O–H groups in total. The molecule has 0 bridgehead atoms. The molecule has 0 saturated carbocycles. The monoisotopic (exact) mass is 286 g/mol. The van der Waals surface area contributed by atoms with Crippen LogP contribution in [0.1, 0.15) is 16.9 Å². The van der Waals surface area contributed by atoms with Gasteiger partial charge in [0.2, 0.25) is 0 Å². The van der Waals surface area contributed by atoms with E-state index in [1.807, 2.05) is 17.0 Å². The van der Waals surface area contributed by atoms with Crippen molar-refractivity contribution in [3.63, 3.8) is 0 Å². The lowest BCUT2D eigenvalue weighted by atomic mass is 10.3. The molecule has 1 fully saturated rings. The Morgan fingerprint density at radius 2 is 2.10 bits per heavy atom. The minimum absolute atomic E-state index is 0.0532. The van der Waals surface area contributed by atoms with Crippen LogP contribution in [0.4, 0.5) is 5.82 Å². The van der Waals surface area contributed by atoms with Gasteiger partial charge in [-0.25, -0.2) is 14.8 Å². The lowest BCUT2D eigenvalue weighted by Gasteiger charge is -2.17. The summed E-state index contributed by atoms with van der Waals surface area (Å²) in [6, 6.07) is 3.65. The smallest absolute Gasteiger partial charge is 0.356 e. The van der Waals surface area contributed by atoms with Crippen molar-refractivity contribution in [2.75, 3.05) is 18.0 Å². The zero-order valence-corrected chi connectivity index (χ0v) is 11.2. The number of ether oxygens (including phenoxy) is 1. The highest BCUT2D eigenvalue weighted by Crippen LogP contribution is 2.21. The molecule has 108 valence electrons. The van der Waals surface area contributed by atoms with Crippen molar-refractivity contribution in [2.24, 2.45) is 0 Å². The zero-order chi connectivity index (χ0) is 14.7. The summed E-state index contributed by atoms with van der Waals surface area (Å²) in [7, 11) is 0. The Labute approximate surface area is 121 Å². The van der Waals surface area contributed by atoms with Gasteiger partial charge in [0.05, 0.1) is 18.9 Å². The van der Waals surface area contributed by atoms with Gasteiger partial charge in [0.25, 0.3) is 0 Å². The molecule has 1 atom stereocenters. The predicted octanol–water partition coefficient (Wildman–Crippen LogP) is 1.23. The standard InChI is InChI=1S/C14H14N4O3/c19-14(20)12-7-17-13(8-16-12)18-6-3-11(9-18)21-10-1-4-15-5-2-10/h1-2,4-5,7-8,11H,3,6,9H2,(H,19,20). The number of aromatic nitrogens is 3. The number of hydrogen-bond donors (Lipinski definition) is 1. The Bertz CT molecular complexity index is 618. The van der Waals surface area contributed by atoms with Crippen LogP contribution in [0.15, 0.2) is 36.9 Å². The molecule has 0 aliphatic carbocycles. The van der Waals surface area contributed by atoms with E-state index in [4.69, 9.17) is 9.84 Å². The second kappa shape index (κ2) is 5.74. The van der Waals surface area contributed by atoms with Gasteiger partial charge in [-0.05, 0) is 12.1 Å². The van der Waals surface area contributed by atoms with E-state index in [0.29, 0.717) is 12.4 Å². The first-order valence-corrected chi connectivity index (χ1v) is 6.59. The molecule has 0 spiro atoms. The summed E-state index contributed by atoms with van der Waals surface area (Å²) in [5.74, 6) is 0.388. The van der Waals surface area contributed by atoms with Gasteiger partial charge in [-0.15, -0.1) is 0 Å². The molecule has 2 aromatic rings. The van der Waals surface area contributed by atoms with E-state index in [2.05, 4.69) is 15.0 Å². The minimum Gasteiger partial charge on any atom is -0.488 e. The van der Waals surface area contributed by atoms with E-state index in [-0.39, 0.29) is 11.8 Å². The Balaban J connectivity index is 1.62. The van der Waals surface area contributed by atoms with Crippen LogP contribution in [0, 0.1) is 0 Å². The topological polar surface area (TPSA) is 88.4 Å². The fourth-order valence-corrected chi connectivity index (χ4v) is 2.24. The average Bonchev–Trinajstić information content (AvgIpc) is 2.97. The summed E-state index contributed by atoms with van der Waals surface area (Å²) in [5, 5.41) is 8.81. The van der Waals surface area contributed by atoms with Gasteiger partial charge in [-0.3, -0.25) is 4.98 Å². The van der Waals surface area contributed by atoms with E-state index in [1.54, 1.807) is 12.4 Å². The number of pyridine rings is 1. The molecule has 21 heavy (non-hydrogen) atoms. The highest BCUT2D eigenvalue weighted by atomic mass is 16.5. The number of carboxylic acids is 1. The third kappa shape index (κ3) is 3.07. The lowest BCUT2D eigenvalue weighted by molar-refractivity contribution is 0.0690. The molecule has 3 heterocycles. The molecule has 3 rings (SSSR count). The fraction of sp³-hybridized carbons (Fsp3) is 0.286. The number of carboxylic acid groups (broad SMARTS) is 1.